The molecular weight excluding hydrogens is 429 g/mol. The van der Waals surface area contributed by atoms with Crippen LogP contribution in [-0.2, 0) is 9.59 Å². The first-order valence-electron chi connectivity index (χ1n) is 8.18. The SMILES string of the molecule is CC1=C(C(=O)O)C(c2cccc(Cl)c2Cl)C(C(=O)O)=C(C2SCCCS2)N1. The minimum atomic E-state index is -1.19. The van der Waals surface area contributed by atoms with Gasteiger partial charge in [0, 0.05) is 11.4 Å². The van der Waals surface area contributed by atoms with Crippen molar-refractivity contribution in [1.29, 1.82) is 0 Å². The van der Waals surface area contributed by atoms with Gasteiger partial charge in [-0.2, -0.15) is 0 Å². The number of benzene rings is 1. The first-order valence-corrected chi connectivity index (χ1v) is 11.0. The maximum absolute atomic E-state index is 12.3. The standard InChI is InChI=1S/C18H17Cl2NO4S2/c1-8-11(16(22)23)12(9-4-2-5-10(19)14(9)20)13(17(24)25)15(21-8)18-26-6-3-7-27-18/h2,4-5,12,18,21H,3,6-7H2,1H3,(H,22,23)(H,24,25). The number of carbonyl (C=O) groups is 2. The molecule has 9 heteroatoms. The van der Waals surface area contributed by atoms with Crippen molar-refractivity contribution in [3.05, 3.63) is 56.3 Å². The number of allylic oxidation sites excluding steroid dienone is 1. The molecule has 0 aliphatic carbocycles. The fourth-order valence-electron chi connectivity index (χ4n) is 3.27. The summed E-state index contributed by atoms with van der Waals surface area (Å²) < 4.78 is -0.101. The minimum absolute atomic E-state index is 0.00840. The second-order valence-corrected chi connectivity index (χ2v) is 9.61. The van der Waals surface area contributed by atoms with E-state index in [0.29, 0.717) is 17.0 Å². The number of thioether (sulfide) groups is 2. The summed E-state index contributed by atoms with van der Waals surface area (Å²) in [6, 6.07) is 4.86. The average molecular weight is 446 g/mol. The topological polar surface area (TPSA) is 86.6 Å². The van der Waals surface area contributed by atoms with Gasteiger partial charge in [0.25, 0.3) is 0 Å². The van der Waals surface area contributed by atoms with Crippen LogP contribution in [0, 0.1) is 0 Å². The molecule has 3 N–H and O–H groups in total. The molecule has 5 nitrogen and oxygen atoms in total. The van der Waals surface area contributed by atoms with Crippen molar-refractivity contribution in [2.24, 2.45) is 0 Å². The molecule has 0 bridgehead atoms. The van der Waals surface area contributed by atoms with E-state index in [9.17, 15) is 19.8 Å². The van der Waals surface area contributed by atoms with Crippen LogP contribution >= 0.6 is 46.7 Å². The number of hydrogen-bond donors (Lipinski definition) is 3. The first kappa shape index (κ1) is 20.5. The van der Waals surface area contributed by atoms with Crippen molar-refractivity contribution in [3.8, 4) is 0 Å². The lowest BCUT2D eigenvalue weighted by molar-refractivity contribution is -0.133. The van der Waals surface area contributed by atoms with Crippen molar-refractivity contribution in [2.45, 2.75) is 23.8 Å². The summed E-state index contributed by atoms with van der Waals surface area (Å²) in [6.07, 6.45) is 1.06. The maximum Gasteiger partial charge on any atom is 0.334 e. The van der Waals surface area contributed by atoms with Gasteiger partial charge in [0.05, 0.1) is 31.7 Å². The number of carboxylic acids is 2. The lowest BCUT2D eigenvalue weighted by Gasteiger charge is -2.34. The molecule has 2 heterocycles. The van der Waals surface area contributed by atoms with Crippen molar-refractivity contribution in [1.82, 2.24) is 5.32 Å². The molecule has 27 heavy (non-hydrogen) atoms. The molecule has 1 fully saturated rings. The third kappa shape index (κ3) is 3.97. The van der Waals surface area contributed by atoms with E-state index in [2.05, 4.69) is 5.32 Å². The van der Waals surface area contributed by atoms with E-state index < -0.39 is 17.9 Å². The summed E-state index contributed by atoms with van der Waals surface area (Å²) in [5.41, 5.74) is 1.29. The number of hydrogen-bond acceptors (Lipinski definition) is 5. The Balaban J connectivity index is 2.25. The lowest BCUT2D eigenvalue weighted by atomic mass is 9.80. The summed E-state index contributed by atoms with van der Waals surface area (Å²) in [5.74, 6) is -1.52. The number of rotatable bonds is 4. The van der Waals surface area contributed by atoms with Gasteiger partial charge in [-0.3, -0.25) is 0 Å². The van der Waals surface area contributed by atoms with E-state index in [1.165, 1.54) is 0 Å². The van der Waals surface area contributed by atoms with E-state index in [4.69, 9.17) is 23.2 Å². The molecular formula is C18H17Cl2NO4S2. The zero-order valence-electron chi connectivity index (χ0n) is 14.3. The molecule has 0 amide bonds. The Morgan fingerprint density at radius 2 is 1.74 bits per heavy atom. The highest BCUT2D eigenvalue weighted by Crippen LogP contribution is 2.46. The number of dihydropyridines is 1. The Hall–Kier alpha value is -1.28. The zero-order valence-corrected chi connectivity index (χ0v) is 17.4. The smallest absolute Gasteiger partial charge is 0.334 e. The highest BCUT2D eigenvalue weighted by Gasteiger charge is 2.41. The highest BCUT2D eigenvalue weighted by atomic mass is 35.5. The van der Waals surface area contributed by atoms with Crippen LogP contribution in [0.2, 0.25) is 10.0 Å². The number of nitrogens with one attached hydrogen (secondary N) is 1. The van der Waals surface area contributed by atoms with Gasteiger partial charge in [-0.25, -0.2) is 9.59 Å². The third-order valence-corrected chi connectivity index (χ3v) is 8.19. The second-order valence-electron chi connectivity index (χ2n) is 6.10. The van der Waals surface area contributed by atoms with E-state index in [1.54, 1.807) is 48.6 Å². The Bertz CT molecular complexity index is 863. The van der Waals surface area contributed by atoms with Gasteiger partial charge in [0.1, 0.15) is 0 Å². The Kier molecular flexibility index (Phi) is 6.35. The van der Waals surface area contributed by atoms with Crippen LogP contribution in [0.5, 0.6) is 0 Å². The van der Waals surface area contributed by atoms with Crippen molar-refractivity contribution in [3.63, 3.8) is 0 Å². The maximum atomic E-state index is 12.3. The van der Waals surface area contributed by atoms with Crippen LogP contribution in [0.3, 0.4) is 0 Å². The molecule has 0 aromatic heterocycles. The molecule has 3 rings (SSSR count). The second kappa shape index (κ2) is 8.39. The van der Waals surface area contributed by atoms with Gasteiger partial charge in [-0.15, -0.1) is 23.5 Å². The van der Waals surface area contributed by atoms with E-state index in [-0.39, 0.29) is 25.8 Å². The minimum Gasteiger partial charge on any atom is -0.478 e. The summed E-state index contributed by atoms with van der Waals surface area (Å²) >= 11 is 15.8. The van der Waals surface area contributed by atoms with Crippen LogP contribution in [0.4, 0.5) is 0 Å². The molecule has 2 aliphatic heterocycles. The summed E-state index contributed by atoms with van der Waals surface area (Å²) in [4.78, 5) is 24.3. The van der Waals surface area contributed by atoms with Crippen molar-refractivity contribution >= 4 is 58.7 Å². The molecule has 1 aromatic rings. The van der Waals surface area contributed by atoms with Gasteiger partial charge in [-0.1, -0.05) is 35.3 Å². The fourth-order valence-corrected chi connectivity index (χ4v) is 6.59. The Morgan fingerprint density at radius 1 is 1.11 bits per heavy atom. The molecule has 1 unspecified atom stereocenters. The third-order valence-electron chi connectivity index (χ3n) is 4.41. The van der Waals surface area contributed by atoms with Crippen LogP contribution < -0.4 is 5.32 Å². The predicted molar refractivity (Wildman–Crippen MR) is 111 cm³/mol. The number of aliphatic carboxylic acids is 2. The largest absolute Gasteiger partial charge is 0.478 e. The molecule has 1 aromatic carbocycles. The monoisotopic (exact) mass is 445 g/mol. The van der Waals surface area contributed by atoms with Crippen molar-refractivity contribution in [2.75, 3.05) is 11.5 Å². The molecule has 0 spiro atoms. The molecule has 1 saturated heterocycles. The fraction of sp³-hybridized carbons (Fsp3) is 0.333. The van der Waals surface area contributed by atoms with Crippen LogP contribution in [-0.4, -0.2) is 38.2 Å². The average Bonchev–Trinajstić information content (AvgIpc) is 2.63. The predicted octanol–water partition coefficient (Wildman–Crippen LogP) is 4.57. The Labute approximate surface area is 175 Å². The quantitative estimate of drug-likeness (QED) is 0.625. The van der Waals surface area contributed by atoms with Crippen LogP contribution in [0.15, 0.2) is 40.7 Å². The van der Waals surface area contributed by atoms with E-state index in [0.717, 1.165) is 17.9 Å². The zero-order chi connectivity index (χ0) is 19.7. The molecule has 1 atom stereocenters. The summed E-state index contributed by atoms with van der Waals surface area (Å²) in [6.45, 7) is 1.64. The highest BCUT2D eigenvalue weighted by molar-refractivity contribution is 8.17. The van der Waals surface area contributed by atoms with Crippen LogP contribution in [0.1, 0.15) is 24.8 Å². The summed E-state index contributed by atoms with van der Waals surface area (Å²) in [7, 11) is 0. The van der Waals surface area contributed by atoms with Gasteiger partial charge in [-0.05, 0) is 36.5 Å². The van der Waals surface area contributed by atoms with Crippen LogP contribution in [0.25, 0.3) is 0 Å². The Morgan fingerprint density at radius 3 is 2.33 bits per heavy atom. The normalized spacial score (nSPS) is 21.2. The van der Waals surface area contributed by atoms with Gasteiger partial charge in [0.15, 0.2) is 0 Å². The van der Waals surface area contributed by atoms with E-state index >= 15 is 0 Å². The lowest BCUT2D eigenvalue weighted by Crippen LogP contribution is -2.35. The molecule has 2 aliphatic rings. The van der Waals surface area contributed by atoms with Crippen molar-refractivity contribution < 1.29 is 19.8 Å². The molecule has 0 radical (unpaired) electrons. The number of halogens is 2. The number of carboxylic acid groups (broad SMARTS) is 2. The van der Waals surface area contributed by atoms with E-state index in [1.807, 2.05) is 0 Å². The molecule has 0 saturated carbocycles. The summed E-state index contributed by atoms with van der Waals surface area (Å²) in [5, 5.41) is 23.3. The first-order chi connectivity index (χ1) is 12.8. The van der Waals surface area contributed by atoms with Gasteiger partial charge in [0.2, 0.25) is 0 Å². The van der Waals surface area contributed by atoms with Gasteiger partial charge >= 0.3 is 11.9 Å². The molecule has 144 valence electrons. The van der Waals surface area contributed by atoms with Gasteiger partial charge < -0.3 is 15.5 Å².